The van der Waals surface area contributed by atoms with Crippen LogP contribution in [0.1, 0.15) is 40.0 Å². The number of hydrogen-bond acceptors (Lipinski definition) is 2. The molecule has 0 aromatic heterocycles. The number of nitrogens with one attached hydrogen (secondary N) is 1. The third kappa shape index (κ3) is 2.24. The van der Waals surface area contributed by atoms with Gasteiger partial charge in [-0.25, -0.2) is 0 Å². The summed E-state index contributed by atoms with van der Waals surface area (Å²) in [6.45, 7) is 7.46. The summed E-state index contributed by atoms with van der Waals surface area (Å²) < 4.78 is 0. The van der Waals surface area contributed by atoms with Crippen molar-refractivity contribution in [3.63, 3.8) is 0 Å². The van der Waals surface area contributed by atoms with Crippen molar-refractivity contribution in [1.82, 2.24) is 5.32 Å². The maximum absolute atomic E-state index is 11.3. The summed E-state index contributed by atoms with van der Waals surface area (Å²) in [5, 5.41) is 12.8. The average molecular weight is 225 g/mol. The zero-order valence-corrected chi connectivity index (χ0v) is 10.5. The van der Waals surface area contributed by atoms with Gasteiger partial charge < -0.3 is 10.4 Å². The highest BCUT2D eigenvalue weighted by Gasteiger charge is 2.50. The molecule has 0 aromatic carbocycles. The summed E-state index contributed by atoms with van der Waals surface area (Å²) in [5.74, 6) is 0.299. The van der Waals surface area contributed by atoms with Crippen molar-refractivity contribution >= 4 is 5.97 Å². The van der Waals surface area contributed by atoms with E-state index in [-0.39, 0.29) is 17.4 Å². The minimum absolute atomic E-state index is 0.138. The second-order valence-electron chi connectivity index (χ2n) is 6.66. The molecule has 4 atom stereocenters. The van der Waals surface area contributed by atoms with E-state index in [0.717, 1.165) is 19.4 Å². The predicted octanol–water partition coefficient (Wildman–Crippen LogP) is 2.12. The summed E-state index contributed by atoms with van der Waals surface area (Å²) in [6, 6.07) is 0.218. The molecule has 2 fully saturated rings. The fourth-order valence-electron chi connectivity index (χ4n) is 3.36. The Kier molecular flexibility index (Phi) is 2.99. The molecule has 0 aromatic rings. The van der Waals surface area contributed by atoms with Crippen molar-refractivity contribution in [1.29, 1.82) is 0 Å². The lowest BCUT2D eigenvalue weighted by Crippen LogP contribution is -2.46. The monoisotopic (exact) mass is 225 g/mol. The fourth-order valence-corrected chi connectivity index (χ4v) is 3.36. The fraction of sp³-hybridized carbons (Fsp3) is 0.923. The lowest BCUT2D eigenvalue weighted by molar-refractivity contribution is -0.144. The third-order valence-electron chi connectivity index (χ3n) is 4.07. The van der Waals surface area contributed by atoms with E-state index in [1.54, 1.807) is 0 Å². The van der Waals surface area contributed by atoms with Crippen molar-refractivity contribution in [2.75, 3.05) is 6.54 Å². The number of hydrogen-bond donors (Lipinski definition) is 2. The molecule has 4 unspecified atom stereocenters. The number of carboxylic acids is 1. The van der Waals surface area contributed by atoms with Crippen molar-refractivity contribution in [3.05, 3.63) is 0 Å². The van der Waals surface area contributed by atoms with E-state index in [1.807, 2.05) is 0 Å². The summed E-state index contributed by atoms with van der Waals surface area (Å²) in [5.41, 5.74) is 0.227. The molecule has 3 heteroatoms. The van der Waals surface area contributed by atoms with E-state index in [1.165, 1.54) is 6.42 Å². The number of rotatable bonds is 3. The van der Waals surface area contributed by atoms with Gasteiger partial charge in [0.05, 0.1) is 5.92 Å². The van der Waals surface area contributed by atoms with Crippen molar-refractivity contribution < 1.29 is 9.90 Å². The quantitative estimate of drug-likeness (QED) is 0.773. The molecule has 92 valence electrons. The first-order chi connectivity index (χ1) is 7.38. The van der Waals surface area contributed by atoms with E-state index < -0.39 is 5.97 Å². The van der Waals surface area contributed by atoms with E-state index >= 15 is 0 Å². The van der Waals surface area contributed by atoms with Gasteiger partial charge in [-0.05, 0) is 36.5 Å². The van der Waals surface area contributed by atoms with Gasteiger partial charge in [0.1, 0.15) is 0 Å². The van der Waals surface area contributed by atoms with Gasteiger partial charge in [-0.15, -0.1) is 0 Å². The standard InChI is InChI=1S/C13H23NO2/c1-13(2,3)7-14-11-9-5-4-8(6-9)10(11)12(15)16/h8-11,14H,4-7H2,1-3H3,(H,15,16). The highest BCUT2D eigenvalue weighted by Crippen LogP contribution is 2.48. The molecule has 2 aliphatic rings. The normalized spacial score (nSPS) is 37.9. The highest BCUT2D eigenvalue weighted by atomic mass is 16.4. The van der Waals surface area contributed by atoms with E-state index in [0.29, 0.717) is 11.8 Å². The molecule has 0 spiro atoms. The van der Waals surface area contributed by atoms with Crippen LogP contribution in [-0.4, -0.2) is 23.7 Å². The minimum Gasteiger partial charge on any atom is -0.481 e. The largest absolute Gasteiger partial charge is 0.481 e. The smallest absolute Gasteiger partial charge is 0.308 e. The van der Waals surface area contributed by atoms with Gasteiger partial charge in [0.15, 0.2) is 0 Å². The molecular weight excluding hydrogens is 202 g/mol. The van der Waals surface area contributed by atoms with Crippen LogP contribution in [0.15, 0.2) is 0 Å². The average Bonchev–Trinajstić information content (AvgIpc) is 2.71. The van der Waals surface area contributed by atoms with Crippen LogP contribution in [-0.2, 0) is 4.79 Å². The molecular formula is C13H23NO2. The Bertz CT molecular complexity index is 282. The Morgan fingerprint density at radius 2 is 1.94 bits per heavy atom. The second-order valence-corrected chi connectivity index (χ2v) is 6.66. The van der Waals surface area contributed by atoms with Crippen LogP contribution in [0.25, 0.3) is 0 Å². The molecule has 2 rings (SSSR count). The Labute approximate surface area is 97.6 Å². The second kappa shape index (κ2) is 4.02. The summed E-state index contributed by atoms with van der Waals surface area (Å²) >= 11 is 0. The van der Waals surface area contributed by atoms with Gasteiger partial charge in [0.25, 0.3) is 0 Å². The lowest BCUT2D eigenvalue weighted by Gasteiger charge is -2.31. The Balaban J connectivity index is 1.99. The first-order valence-electron chi connectivity index (χ1n) is 6.35. The molecule has 0 saturated heterocycles. The molecule has 0 aliphatic heterocycles. The maximum atomic E-state index is 11.3. The van der Waals surface area contributed by atoms with Crippen LogP contribution in [0.2, 0.25) is 0 Å². The van der Waals surface area contributed by atoms with Crippen molar-refractivity contribution in [3.8, 4) is 0 Å². The molecule has 2 bridgehead atoms. The van der Waals surface area contributed by atoms with Crippen LogP contribution in [0.5, 0.6) is 0 Å². The van der Waals surface area contributed by atoms with E-state index in [4.69, 9.17) is 0 Å². The van der Waals surface area contributed by atoms with E-state index in [2.05, 4.69) is 26.1 Å². The molecule has 2 aliphatic carbocycles. The lowest BCUT2D eigenvalue weighted by atomic mass is 9.83. The summed E-state index contributed by atoms with van der Waals surface area (Å²) in [4.78, 5) is 11.3. The van der Waals surface area contributed by atoms with E-state index in [9.17, 15) is 9.90 Å². The summed E-state index contributed by atoms with van der Waals surface area (Å²) in [7, 11) is 0. The number of aliphatic carboxylic acids is 1. The van der Waals surface area contributed by atoms with Crippen LogP contribution < -0.4 is 5.32 Å². The molecule has 2 saturated carbocycles. The van der Waals surface area contributed by atoms with Crippen LogP contribution >= 0.6 is 0 Å². The zero-order chi connectivity index (χ0) is 11.9. The van der Waals surface area contributed by atoms with Crippen LogP contribution in [0, 0.1) is 23.2 Å². The molecule has 2 N–H and O–H groups in total. The number of carbonyl (C=O) groups is 1. The summed E-state index contributed by atoms with van der Waals surface area (Å²) in [6.07, 6.45) is 3.46. The maximum Gasteiger partial charge on any atom is 0.308 e. The van der Waals surface area contributed by atoms with Crippen LogP contribution in [0.4, 0.5) is 0 Å². The Morgan fingerprint density at radius 3 is 2.50 bits per heavy atom. The SMILES string of the molecule is CC(C)(C)CNC1C2CCC(C2)C1C(=O)O. The molecule has 0 radical (unpaired) electrons. The zero-order valence-electron chi connectivity index (χ0n) is 10.5. The molecule has 3 nitrogen and oxygen atoms in total. The van der Waals surface area contributed by atoms with Crippen molar-refractivity contribution in [2.45, 2.75) is 46.1 Å². The minimum atomic E-state index is -0.599. The van der Waals surface area contributed by atoms with Gasteiger partial charge in [0.2, 0.25) is 0 Å². The van der Waals surface area contributed by atoms with Gasteiger partial charge in [-0.2, -0.15) is 0 Å². The van der Waals surface area contributed by atoms with Crippen molar-refractivity contribution in [2.24, 2.45) is 23.2 Å². The predicted molar refractivity (Wildman–Crippen MR) is 63.2 cm³/mol. The first kappa shape index (κ1) is 11.9. The first-order valence-corrected chi connectivity index (χ1v) is 6.35. The van der Waals surface area contributed by atoms with Crippen LogP contribution in [0.3, 0.4) is 0 Å². The molecule has 0 amide bonds. The molecule has 0 heterocycles. The highest BCUT2D eigenvalue weighted by molar-refractivity contribution is 5.72. The van der Waals surface area contributed by atoms with Gasteiger partial charge in [-0.1, -0.05) is 20.8 Å². The van der Waals surface area contributed by atoms with Gasteiger partial charge in [-0.3, -0.25) is 4.79 Å². The number of carboxylic acid groups (broad SMARTS) is 1. The number of fused-ring (bicyclic) bond motifs is 2. The van der Waals surface area contributed by atoms with Gasteiger partial charge >= 0.3 is 5.97 Å². The Morgan fingerprint density at radius 1 is 1.31 bits per heavy atom. The molecule has 16 heavy (non-hydrogen) atoms. The third-order valence-corrected chi connectivity index (χ3v) is 4.07. The topological polar surface area (TPSA) is 49.3 Å². The van der Waals surface area contributed by atoms with Gasteiger partial charge in [0, 0.05) is 12.6 Å². The Hall–Kier alpha value is -0.570.